The van der Waals surface area contributed by atoms with Gasteiger partial charge in [-0.1, -0.05) is 13.0 Å². The van der Waals surface area contributed by atoms with Crippen molar-refractivity contribution in [2.45, 2.75) is 32.9 Å². The lowest BCUT2D eigenvalue weighted by Gasteiger charge is -2.35. The summed E-state index contributed by atoms with van der Waals surface area (Å²) >= 11 is 0. The predicted octanol–water partition coefficient (Wildman–Crippen LogP) is 1.46. The fraction of sp³-hybridized carbons (Fsp3) is 0.650. The number of nitrogens with zero attached hydrogens (tertiary/aromatic N) is 3. The second kappa shape index (κ2) is 10.8. The van der Waals surface area contributed by atoms with Crippen LogP contribution in [0.15, 0.2) is 23.2 Å². The third kappa shape index (κ3) is 7.81. The Morgan fingerprint density at radius 3 is 2.52 bits per heavy atom. The van der Waals surface area contributed by atoms with Gasteiger partial charge in [-0.3, -0.25) is 4.99 Å². The van der Waals surface area contributed by atoms with Crippen molar-refractivity contribution in [1.82, 2.24) is 15.5 Å². The lowest BCUT2D eigenvalue weighted by atomic mass is 10.1. The fourth-order valence-electron chi connectivity index (χ4n) is 3.30. The van der Waals surface area contributed by atoms with Crippen LogP contribution in [0.4, 0.5) is 10.1 Å². The second-order valence-corrected chi connectivity index (χ2v) is 9.86. The predicted molar refractivity (Wildman–Crippen MR) is 118 cm³/mol. The summed E-state index contributed by atoms with van der Waals surface area (Å²) in [5, 5.41) is 6.32. The van der Waals surface area contributed by atoms with E-state index in [1.54, 1.807) is 13.1 Å². The van der Waals surface area contributed by atoms with E-state index in [9.17, 15) is 12.8 Å². The highest BCUT2D eigenvalue weighted by Crippen LogP contribution is 2.22. The van der Waals surface area contributed by atoms with Crippen molar-refractivity contribution in [2.75, 3.05) is 56.7 Å². The molecule has 1 fully saturated rings. The largest absolute Gasteiger partial charge is 0.367 e. The Labute approximate surface area is 174 Å². The van der Waals surface area contributed by atoms with Crippen molar-refractivity contribution >= 4 is 21.5 Å². The number of halogens is 1. The molecule has 0 spiro atoms. The summed E-state index contributed by atoms with van der Waals surface area (Å²) in [7, 11) is -1.34. The van der Waals surface area contributed by atoms with E-state index in [1.165, 1.54) is 6.26 Å². The molecule has 29 heavy (non-hydrogen) atoms. The molecule has 0 saturated carbocycles. The van der Waals surface area contributed by atoms with Crippen LogP contribution in [0.25, 0.3) is 0 Å². The molecule has 1 unspecified atom stereocenters. The maximum absolute atomic E-state index is 14.7. The van der Waals surface area contributed by atoms with Gasteiger partial charge in [0.15, 0.2) is 5.96 Å². The van der Waals surface area contributed by atoms with E-state index < -0.39 is 9.84 Å². The summed E-state index contributed by atoms with van der Waals surface area (Å²) in [5.41, 5.74) is 1.48. The third-order valence-corrected chi connectivity index (χ3v) is 6.14. The standard InChI is InChI=1S/C20H34FN5O2S/c1-5-25-9-11-26(12-10-25)19-7-6-17(14-18(19)21)15-23-20(22-3)24-16(2)8-13-29(4,27)28/h6-7,14,16H,5,8-13,15H2,1-4H3,(H2,22,23,24). The molecule has 1 atom stereocenters. The Bertz CT molecular complexity index is 792. The van der Waals surface area contributed by atoms with Gasteiger partial charge in [-0.25, -0.2) is 12.8 Å². The van der Waals surface area contributed by atoms with Crippen LogP contribution in [0, 0.1) is 5.82 Å². The molecule has 0 bridgehead atoms. The molecular weight excluding hydrogens is 393 g/mol. The number of rotatable bonds is 8. The van der Waals surface area contributed by atoms with E-state index in [-0.39, 0.29) is 17.6 Å². The molecule has 1 heterocycles. The Kier molecular flexibility index (Phi) is 8.70. The molecule has 0 amide bonds. The molecule has 9 heteroatoms. The van der Waals surface area contributed by atoms with Crippen LogP contribution < -0.4 is 15.5 Å². The van der Waals surface area contributed by atoms with Gasteiger partial charge in [-0.15, -0.1) is 0 Å². The smallest absolute Gasteiger partial charge is 0.191 e. The van der Waals surface area contributed by atoms with Crippen molar-refractivity contribution in [3.05, 3.63) is 29.6 Å². The van der Waals surface area contributed by atoms with Crippen molar-refractivity contribution in [3.8, 4) is 0 Å². The van der Waals surface area contributed by atoms with E-state index >= 15 is 0 Å². The number of benzene rings is 1. The van der Waals surface area contributed by atoms with E-state index in [0.717, 1.165) is 38.3 Å². The van der Waals surface area contributed by atoms with Gasteiger partial charge < -0.3 is 20.4 Å². The number of hydrogen-bond acceptors (Lipinski definition) is 5. The van der Waals surface area contributed by atoms with E-state index in [4.69, 9.17) is 0 Å². The maximum Gasteiger partial charge on any atom is 0.191 e. The molecule has 0 aliphatic carbocycles. The molecule has 2 rings (SSSR count). The lowest BCUT2D eigenvalue weighted by molar-refractivity contribution is 0.270. The maximum atomic E-state index is 14.7. The van der Waals surface area contributed by atoms with Crippen molar-refractivity contribution < 1.29 is 12.8 Å². The highest BCUT2D eigenvalue weighted by Gasteiger charge is 2.18. The summed E-state index contributed by atoms with van der Waals surface area (Å²) in [4.78, 5) is 8.62. The summed E-state index contributed by atoms with van der Waals surface area (Å²) < 4.78 is 37.2. The van der Waals surface area contributed by atoms with Crippen molar-refractivity contribution in [1.29, 1.82) is 0 Å². The molecule has 1 saturated heterocycles. The van der Waals surface area contributed by atoms with Gasteiger partial charge in [0.25, 0.3) is 0 Å². The first kappa shape index (κ1) is 23.4. The summed E-state index contributed by atoms with van der Waals surface area (Å²) in [6, 6.07) is 5.29. The molecule has 1 aromatic carbocycles. The van der Waals surface area contributed by atoms with Gasteiger partial charge in [0.05, 0.1) is 11.4 Å². The van der Waals surface area contributed by atoms with Gasteiger partial charge in [0.2, 0.25) is 0 Å². The average Bonchev–Trinajstić information content (AvgIpc) is 2.69. The fourth-order valence-corrected chi connectivity index (χ4v) is 4.08. The van der Waals surface area contributed by atoms with E-state index in [0.29, 0.717) is 24.6 Å². The monoisotopic (exact) mass is 427 g/mol. The number of hydrogen-bond donors (Lipinski definition) is 2. The summed E-state index contributed by atoms with van der Waals surface area (Å²) in [5.74, 6) is 0.474. The number of anilines is 1. The summed E-state index contributed by atoms with van der Waals surface area (Å²) in [6.45, 7) is 9.10. The average molecular weight is 428 g/mol. The first-order chi connectivity index (χ1) is 13.7. The summed E-state index contributed by atoms with van der Waals surface area (Å²) in [6.07, 6.45) is 1.73. The van der Waals surface area contributed by atoms with Crippen LogP contribution in [-0.2, 0) is 16.4 Å². The molecule has 0 aromatic heterocycles. The van der Waals surface area contributed by atoms with Crippen LogP contribution in [0.1, 0.15) is 25.8 Å². The van der Waals surface area contributed by atoms with Crippen LogP contribution in [-0.4, -0.2) is 77.1 Å². The van der Waals surface area contributed by atoms with E-state index in [2.05, 4.69) is 32.3 Å². The third-order valence-electron chi connectivity index (χ3n) is 5.16. The Hall–Kier alpha value is -1.87. The molecule has 2 N–H and O–H groups in total. The zero-order valence-electron chi connectivity index (χ0n) is 17.9. The van der Waals surface area contributed by atoms with Gasteiger partial charge in [0.1, 0.15) is 15.7 Å². The lowest BCUT2D eigenvalue weighted by Crippen LogP contribution is -2.46. The highest BCUT2D eigenvalue weighted by molar-refractivity contribution is 7.90. The quantitative estimate of drug-likeness (QED) is 0.483. The number of likely N-dealkylation sites (N-methyl/N-ethyl adjacent to an activating group) is 1. The molecule has 7 nitrogen and oxygen atoms in total. The number of nitrogens with one attached hydrogen (secondary N) is 2. The van der Waals surface area contributed by atoms with E-state index in [1.807, 2.05) is 19.1 Å². The minimum absolute atomic E-state index is 0.0446. The van der Waals surface area contributed by atoms with Gasteiger partial charge in [-0.2, -0.15) is 0 Å². The first-order valence-corrected chi connectivity index (χ1v) is 12.2. The van der Waals surface area contributed by atoms with Crippen LogP contribution >= 0.6 is 0 Å². The zero-order chi connectivity index (χ0) is 21.4. The number of piperazine rings is 1. The topological polar surface area (TPSA) is 77.0 Å². The molecule has 1 aromatic rings. The van der Waals surface area contributed by atoms with Crippen molar-refractivity contribution in [2.24, 2.45) is 4.99 Å². The van der Waals surface area contributed by atoms with Gasteiger partial charge in [0, 0.05) is 52.1 Å². The zero-order valence-corrected chi connectivity index (χ0v) is 18.7. The highest BCUT2D eigenvalue weighted by atomic mass is 32.2. The van der Waals surface area contributed by atoms with Gasteiger partial charge >= 0.3 is 0 Å². The molecule has 1 aliphatic rings. The number of aliphatic imine (C=N–C) groups is 1. The molecule has 1 aliphatic heterocycles. The second-order valence-electron chi connectivity index (χ2n) is 7.60. The molecule has 164 valence electrons. The van der Waals surface area contributed by atoms with Crippen LogP contribution in [0.3, 0.4) is 0 Å². The van der Waals surface area contributed by atoms with Crippen molar-refractivity contribution in [3.63, 3.8) is 0 Å². The number of guanidine groups is 1. The normalized spacial score (nSPS) is 17.3. The Morgan fingerprint density at radius 2 is 1.97 bits per heavy atom. The van der Waals surface area contributed by atoms with Crippen LogP contribution in [0.5, 0.6) is 0 Å². The first-order valence-electron chi connectivity index (χ1n) is 10.1. The molecular formula is C20H34FN5O2S. The molecule has 0 radical (unpaired) electrons. The minimum atomic E-state index is -2.99. The minimum Gasteiger partial charge on any atom is -0.367 e. The van der Waals surface area contributed by atoms with Crippen LogP contribution in [0.2, 0.25) is 0 Å². The SMILES string of the molecule is CCN1CCN(c2ccc(CNC(=NC)NC(C)CCS(C)(=O)=O)cc2F)CC1. The Balaban J connectivity index is 1.87. The number of sulfone groups is 1. The Morgan fingerprint density at radius 1 is 1.28 bits per heavy atom. The van der Waals surface area contributed by atoms with Gasteiger partial charge in [-0.05, 0) is 37.6 Å².